The maximum atomic E-state index is 4.66. The first-order valence-electron chi connectivity index (χ1n) is 7.65. The van der Waals surface area contributed by atoms with Gasteiger partial charge in [0, 0.05) is 17.5 Å². The van der Waals surface area contributed by atoms with Crippen LogP contribution < -0.4 is 0 Å². The summed E-state index contributed by atoms with van der Waals surface area (Å²) in [5, 5.41) is 1.24. The monoisotopic (exact) mass is 302 g/mol. The second-order valence-electron chi connectivity index (χ2n) is 5.93. The summed E-state index contributed by atoms with van der Waals surface area (Å²) in [7, 11) is 2.21. The molecule has 1 unspecified atom stereocenters. The fourth-order valence-electron chi connectivity index (χ4n) is 2.58. The summed E-state index contributed by atoms with van der Waals surface area (Å²) in [6.07, 6.45) is 1.03. The van der Waals surface area contributed by atoms with Gasteiger partial charge in [0.1, 0.15) is 0 Å². The summed E-state index contributed by atoms with van der Waals surface area (Å²) in [5.41, 5.74) is 5.31. The SMILES string of the molecule is CCc1nc(C)c(C(C)N(C)Cc2cc(C)ccc2C)s1. The van der Waals surface area contributed by atoms with Crippen LogP contribution in [0.15, 0.2) is 18.2 Å². The Bertz CT molecular complexity index is 616. The number of nitrogens with zero attached hydrogens (tertiary/aromatic N) is 2. The predicted octanol–water partition coefficient (Wildman–Crippen LogP) is 4.82. The zero-order valence-corrected chi connectivity index (χ0v) is 14.8. The summed E-state index contributed by atoms with van der Waals surface area (Å²) < 4.78 is 0. The van der Waals surface area contributed by atoms with Crippen molar-refractivity contribution in [2.75, 3.05) is 7.05 Å². The molecule has 0 aliphatic carbocycles. The fourth-order valence-corrected chi connectivity index (χ4v) is 3.71. The lowest BCUT2D eigenvalue weighted by molar-refractivity contribution is 0.255. The number of aryl methyl sites for hydroxylation is 4. The summed E-state index contributed by atoms with van der Waals surface area (Å²) >= 11 is 1.86. The van der Waals surface area contributed by atoms with Gasteiger partial charge in [0.05, 0.1) is 10.7 Å². The van der Waals surface area contributed by atoms with Crippen LogP contribution in [0.2, 0.25) is 0 Å². The first-order valence-corrected chi connectivity index (χ1v) is 8.46. The van der Waals surface area contributed by atoms with Crippen molar-refractivity contribution in [3.63, 3.8) is 0 Å². The standard InChI is InChI=1S/C18H26N2S/c1-7-17-19-14(4)18(21-17)15(5)20(6)11-16-10-12(2)8-9-13(16)3/h8-10,15H,7,11H2,1-6H3. The Balaban J connectivity index is 2.17. The van der Waals surface area contributed by atoms with Gasteiger partial charge in [0.25, 0.3) is 0 Å². The maximum Gasteiger partial charge on any atom is 0.0928 e. The molecule has 0 saturated heterocycles. The van der Waals surface area contributed by atoms with Gasteiger partial charge in [-0.2, -0.15) is 0 Å². The zero-order valence-electron chi connectivity index (χ0n) is 14.0. The van der Waals surface area contributed by atoms with Crippen LogP contribution in [0.3, 0.4) is 0 Å². The lowest BCUT2D eigenvalue weighted by Gasteiger charge is -2.25. The van der Waals surface area contributed by atoms with Crippen LogP contribution in [-0.4, -0.2) is 16.9 Å². The number of benzene rings is 1. The number of aromatic nitrogens is 1. The molecule has 0 radical (unpaired) electrons. The van der Waals surface area contributed by atoms with Gasteiger partial charge in [0.2, 0.25) is 0 Å². The van der Waals surface area contributed by atoms with Crippen molar-refractivity contribution in [1.29, 1.82) is 0 Å². The highest BCUT2D eigenvalue weighted by molar-refractivity contribution is 7.11. The smallest absolute Gasteiger partial charge is 0.0928 e. The van der Waals surface area contributed by atoms with Crippen molar-refractivity contribution in [2.45, 2.75) is 53.6 Å². The quantitative estimate of drug-likeness (QED) is 0.787. The lowest BCUT2D eigenvalue weighted by atomic mass is 10.0. The van der Waals surface area contributed by atoms with E-state index in [9.17, 15) is 0 Å². The van der Waals surface area contributed by atoms with E-state index in [1.807, 2.05) is 11.3 Å². The zero-order chi connectivity index (χ0) is 15.6. The van der Waals surface area contributed by atoms with E-state index < -0.39 is 0 Å². The van der Waals surface area contributed by atoms with Crippen LogP contribution in [-0.2, 0) is 13.0 Å². The van der Waals surface area contributed by atoms with E-state index in [0.717, 1.165) is 13.0 Å². The van der Waals surface area contributed by atoms with Crippen molar-refractivity contribution in [2.24, 2.45) is 0 Å². The highest BCUT2D eigenvalue weighted by Crippen LogP contribution is 2.30. The molecule has 1 atom stereocenters. The Morgan fingerprint density at radius 2 is 1.95 bits per heavy atom. The first kappa shape index (κ1) is 16.2. The van der Waals surface area contributed by atoms with E-state index >= 15 is 0 Å². The van der Waals surface area contributed by atoms with E-state index in [4.69, 9.17) is 0 Å². The second-order valence-corrected chi connectivity index (χ2v) is 7.05. The highest BCUT2D eigenvalue weighted by Gasteiger charge is 2.18. The van der Waals surface area contributed by atoms with Crippen LogP contribution in [0.1, 0.15) is 52.2 Å². The van der Waals surface area contributed by atoms with Gasteiger partial charge in [-0.15, -0.1) is 11.3 Å². The van der Waals surface area contributed by atoms with E-state index in [-0.39, 0.29) is 0 Å². The third kappa shape index (κ3) is 3.72. The van der Waals surface area contributed by atoms with Crippen molar-refractivity contribution < 1.29 is 0 Å². The molecule has 0 aliphatic rings. The van der Waals surface area contributed by atoms with Gasteiger partial charge < -0.3 is 0 Å². The minimum atomic E-state index is 0.405. The van der Waals surface area contributed by atoms with Crippen LogP contribution in [0.25, 0.3) is 0 Å². The first-order chi connectivity index (χ1) is 9.92. The fraction of sp³-hybridized carbons (Fsp3) is 0.500. The molecule has 0 N–H and O–H groups in total. The summed E-state index contributed by atoms with van der Waals surface area (Å²) in [6.45, 7) is 11.9. The normalized spacial score (nSPS) is 12.9. The van der Waals surface area contributed by atoms with Gasteiger partial charge in [0.15, 0.2) is 0 Å². The molecule has 1 heterocycles. The minimum absolute atomic E-state index is 0.405. The molecule has 2 aromatic rings. The van der Waals surface area contributed by atoms with Gasteiger partial charge in [-0.1, -0.05) is 30.7 Å². The van der Waals surface area contributed by atoms with Gasteiger partial charge in [-0.05, 0) is 52.3 Å². The Hall–Kier alpha value is -1.19. The largest absolute Gasteiger partial charge is 0.294 e. The van der Waals surface area contributed by atoms with Crippen LogP contribution >= 0.6 is 11.3 Å². The number of rotatable bonds is 5. The molecular formula is C18H26N2S. The molecule has 0 fully saturated rings. The van der Waals surface area contributed by atoms with Crippen molar-refractivity contribution in [3.8, 4) is 0 Å². The van der Waals surface area contributed by atoms with E-state index in [1.54, 1.807) is 0 Å². The Morgan fingerprint density at radius 1 is 1.24 bits per heavy atom. The average Bonchev–Trinajstić information content (AvgIpc) is 2.83. The van der Waals surface area contributed by atoms with Crippen molar-refractivity contribution in [1.82, 2.24) is 9.88 Å². The maximum absolute atomic E-state index is 4.66. The number of hydrogen-bond donors (Lipinski definition) is 0. The molecule has 0 bridgehead atoms. The molecule has 1 aromatic heterocycles. The van der Waals surface area contributed by atoms with Gasteiger partial charge >= 0.3 is 0 Å². The van der Waals surface area contributed by atoms with Gasteiger partial charge in [-0.25, -0.2) is 4.98 Å². The molecule has 2 rings (SSSR count). The van der Waals surface area contributed by atoms with Crippen LogP contribution in [0.5, 0.6) is 0 Å². The minimum Gasteiger partial charge on any atom is -0.294 e. The Morgan fingerprint density at radius 3 is 2.57 bits per heavy atom. The molecule has 21 heavy (non-hydrogen) atoms. The summed E-state index contributed by atoms with van der Waals surface area (Å²) in [6, 6.07) is 7.11. The topological polar surface area (TPSA) is 16.1 Å². The third-order valence-electron chi connectivity index (χ3n) is 4.14. The second kappa shape index (κ2) is 6.71. The molecule has 114 valence electrons. The number of hydrogen-bond acceptors (Lipinski definition) is 3. The van der Waals surface area contributed by atoms with E-state index in [0.29, 0.717) is 6.04 Å². The molecule has 2 nitrogen and oxygen atoms in total. The van der Waals surface area contributed by atoms with Crippen molar-refractivity contribution >= 4 is 11.3 Å². The van der Waals surface area contributed by atoms with Crippen molar-refractivity contribution in [3.05, 3.63) is 50.5 Å². The highest BCUT2D eigenvalue weighted by atomic mass is 32.1. The third-order valence-corrected chi connectivity index (χ3v) is 5.62. The predicted molar refractivity (Wildman–Crippen MR) is 92.0 cm³/mol. The summed E-state index contributed by atoms with van der Waals surface area (Å²) in [4.78, 5) is 8.48. The average molecular weight is 302 g/mol. The number of thiazole rings is 1. The molecular weight excluding hydrogens is 276 g/mol. The Labute approximate surface area is 132 Å². The van der Waals surface area contributed by atoms with E-state index in [1.165, 1.54) is 32.3 Å². The molecule has 1 aromatic carbocycles. The molecule has 3 heteroatoms. The molecule has 0 amide bonds. The lowest BCUT2D eigenvalue weighted by Crippen LogP contribution is -2.22. The summed E-state index contributed by atoms with van der Waals surface area (Å²) in [5.74, 6) is 0. The molecule has 0 spiro atoms. The van der Waals surface area contributed by atoms with Crippen LogP contribution in [0, 0.1) is 20.8 Å². The molecule has 0 saturated carbocycles. The van der Waals surface area contributed by atoms with Crippen LogP contribution in [0.4, 0.5) is 0 Å². The molecule has 0 aliphatic heterocycles. The van der Waals surface area contributed by atoms with Gasteiger partial charge in [-0.3, -0.25) is 4.90 Å². The van der Waals surface area contributed by atoms with E-state index in [2.05, 4.69) is 69.7 Å². The Kier molecular flexibility index (Phi) is 5.17.